The lowest BCUT2D eigenvalue weighted by molar-refractivity contribution is 0.125. The molecule has 0 spiro atoms. The van der Waals surface area contributed by atoms with Crippen LogP contribution in [0.4, 0.5) is 0 Å². The van der Waals surface area contributed by atoms with E-state index in [2.05, 4.69) is 41.8 Å². The fourth-order valence-electron chi connectivity index (χ4n) is 3.15. The van der Waals surface area contributed by atoms with Crippen LogP contribution in [0.5, 0.6) is 5.75 Å². The van der Waals surface area contributed by atoms with E-state index in [4.69, 9.17) is 14.5 Å². The second-order valence-electron chi connectivity index (χ2n) is 6.56. The molecule has 2 aromatic carbocycles. The van der Waals surface area contributed by atoms with Crippen molar-refractivity contribution in [3.05, 3.63) is 65.7 Å². The van der Waals surface area contributed by atoms with Crippen molar-refractivity contribution in [3.63, 3.8) is 0 Å². The highest BCUT2D eigenvalue weighted by Crippen LogP contribution is 2.33. The molecule has 0 saturated heterocycles. The minimum atomic E-state index is 0.403. The fourth-order valence-corrected chi connectivity index (χ4v) is 3.15. The van der Waals surface area contributed by atoms with Gasteiger partial charge in [0.1, 0.15) is 5.75 Å². The van der Waals surface area contributed by atoms with Crippen molar-refractivity contribution in [2.24, 2.45) is 4.99 Å². The number of hydrogen-bond donors (Lipinski definition) is 2. The molecule has 0 bridgehead atoms. The molecule has 2 N–H and O–H groups in total. The van der Waals surface area contributed by atoms with E-state index >= 15 is 0 Å². The van der Waals surface area contributed by atoms with E-state index in [0.717, 1.165) is 44.4 Å². The van der Waals surface area contributed by atoms with Crippen LogP contribution in [-0.2, 0) is 11.3 Å². The highest BCUT2D eigenvalue weighted by molar-refractivity contribution is 5.79. The van der Waals surface area contributed by atoms with Gasteiger partial charge in [-0.25, -0.2) is 0 Å². The Labute approximate surface area is 161 Å². The summed E-state index contributed by atoms with van der Waals surface area (Å²) in [6, 6.07) is 18.5. The van der Waals surface area contributed by atoms with Gasteiger partial charge in [0.15, 0.2) is 5.96 Å². The van der Waals surface area contributed by atoms with Crippen molar-refractivity contribution in [1.82, 2.24) is 10.6 Å². The summed E-state index contributed by atoms with van der Waals surface area (Å²) < 4.78 is 11.5. The first-order valence-electron chi connectivity index (χ1n) is 9.72. The van der Waals surface area contributed by atoms with Gasteiger partial charge in [-0.1, -0.05) is 48.5 Å². The summed E-state index contributed by atoms with van der Waals surface area (Å²) in [5, 5.41) is 6.66. The van der Waals surface area contributed by atoms with Gasteiger partial charge in [-0.15, -0.1) is 0 Å². The van der Waals surface area contributed by atoms with E-state index in [0.29, 0.717) is 19.1 Å². The molecule has 0 fully saturated rings. The summed E-state index contributed by atoms with van der Waals surface area (Å²) in [6.07, 6.45) is 1.00. The van der Waals surface area contributed by atoms with Gasteiger partial charge in [0.25, 0.3) is 0 Å². The molecule has 1 aliphatic heterocycles. The third-order valence-electron chi connectivity index (χ3n) is 4.55. The number of ether oxygens (including phenoxy) is 2. The first-order chi connectivity index (χ1) is 13.4. The Morgan fingerprint density at radius 1 is 1.11 bits per heavy atom. The highest BCUT2D eigenvalue weighted by atomic mass is 16.5. The van der Waals surface area contributed by atoms with E-state index in [1.165, 1.54) is 11.1 Å². The van der Waals surface area contributed by atoms with Gasteiger partial charge in [0.2, 0.25) is 0 Å². The van der Waals surface area contributed by atoms with Crippen molar-refractivity contribution < 1.29 is 9.47 Å². The lowest BCUT2D eigenvalue weighted by Crippen LogP contribution is -2.39. The van der Waals surface area contributed by atoms with Gasteiger partial charge < -0.3 is 20.1 Å². The maximum Gasteiger partial charge on any atom is 0.191 e. The van der Waals surface area contributed by atoms with Crippen molar-refractivity contribution >= 4 is 5.96 Å². The first kappa shape index (κ1) is 19.2. The van der Waals surface area contributed by atoms with Crippen LogP contribution in [0.1, 0.15) is 30.4 Å². The monoisotopic (exact) mass is 367 g/mol. The lowest BCUT2D eigenvalue weighted by Gasteiger charge is -2.25. The largest absolute Gasteiger partial charge is 0.493 e. The van der Waals surface area contributed by atoms with E-state index in [-0.39, 0.29) is 0 Å². The number of nitrogens with one attached hydrogen (secondary N) is 2. The number of fused-ring (bicyclic) bond motifs is 1. The van der Waals surface area contributed by atoms with Crippen LogP contribution in [0, 0.1) is 0 Å². The van der Waals surface area contributed by atoms with Crippen molar-refractivity contribution in [3.8, 4) is 5.75 Å². The molecule has 0 radical (unpaired) electrons. The quantitative estimate of drug-likeness (QED) is 0.427. The summed E-state index contributed by atoms with van der Waals surface area (Å²) in [4.78, 5) is 4.78. The van der Waals surface area contributed by atoms with E-state index < -0.39 is 0 Å². The Morgan fingerprint density at radius 2 is 1.93 bits per heavy atom. The Hall–Kier alpha value is -2.53. The molecule has 3 rings (SSSR count). The normalized spacial score (nSPS) is 16.3. The van der Waals surface area contributed by atoms with E-state index in [9.17, 15) is 0 Å². The summed E-state index contributed by atoms with van der Waals surface area (Å²) in [6.45, 7) is 6.42. The molecule has 0 saturated carbocycles. The third kappa shape index (κ3) is 6.00. The molecule has 1 unspecified atom stereocenters. The Kier molecular flexibility index (Phi) is 7.54. The summed E-state index contributed by atoms with van der Waals surface area (Å²) >= 11 is 0. The molecule has 0 aliphatic carbocycles. The number of guanidine groups is 1. The topological polar surface area (TPSA) is 54.9 Å². The average Bonchev–Trinajstić information content (AvgIpc) is 2.72. The molecule has 0 aromatic heterocycles. The molecule has 1 heterocycles. The molecule has 1 atom stereocenters. The van der Waals surface area contributed by atoms with Gasteiger partial charge in [-0.05, 0) is 30.5 Å². The van der Waals surface area contributed by atoms with Crippen molar-refractivity contribution in [2.45, 2.75) is 25.9 Å². The molecule has 0 amide bonds. The van der Waals surface area contributed by atoms with E-state index in [1.807, 2.05) is 30.3 Å². The molecule has 5 nitrogen and oxygen atoms in total. The number of hydrogen-bond acceptors (Lipinski definition) is 3. The van der Waals surface area contributed by atoms with Gasteiger partial charge in [0.05, 0.1) is 19.8 Å². The molecular weight excluding hydrogens is 338 g/mol. The van der Waals surface area contributed by atoms with Crippen LogP contribution in [-0.4, -0.2) is 38.8 Å². The van der Waals surface area contributed by atoms with Crippen LogP contribution < -0.4 is 15.4 Å². The Morgan fingerprint density at radius 3 is 2.78 bits per heavy atom. The van der Waals surface area contributed by atoms with Gasteiger partial charge in [-0.3, -0.25) is 4.99 Å². The smallest absolute Gasteiger partial charge is 0.191 e. The summed E-state index contributed by atoms with van der Waals surface area (Å²) in [7, 11) is 0. The molecular formula is C22H29N3O2. The van der Waals surface area contributed by atoms with Crippen LogP contribution in [0.2, 0.25) is 0 Å². The number of benzene rings is 2. The maximum atomic E-state index is 5.74. The highest BCUT2D eigenvalue weighted by Gasteiger charge is 2.20. The second kappa shape index (κ2) is 10.6. The minimum absolute atomic E-state index is 0.403. The van der Waals surface area contributed by atoms with Gasteiger partial charge in [0, 0.05) is 25.6 Å². The Balaban J connectivity index is 1.45. The maximum absolute atomic E-state index is 5.74. The predicted molar refractivity (Wildman–Crippen MR) is 109 cm³/mol. The van der Waals surface area contributed by atoms with Crippen LogP contribution in [0.25, 0.3) is 0 Å². The number of nitrogens with zero attached hydrogens (tertiary/aromatic N) is 1. The molecule has 5 heteroatoms. The van der Waals surface area contributed by atoms with E-state index in [1.54, 1.807) is 0 Å². The number of para-hydroxylation sites is 1. The Bertz CT molecular complexity index is 719. The standard InChI is InChI=1S/C22H29N3O2/c1-2-23-22(24-13-15-26-17-18-8-4-3-5-9-18)25-16-19-12-14-27-21-11-7-6-10-20(19)21/h3-11,19H,2,12-17H2,1H3,(H2,23,24,25). The molecule has 2 aromatic rings. The summed E-state index contributed by atoms with van der Waals surface area (Å²) in [5.41, 5.74) is 2.45. The molecule has 27 heavy (non-hydrogen) atoms. The fraction of sp³-hybridized carbons (Fsp3) is 0.409. The van der Waals surface area contributed by atoms with Crippen LogP contribution in [0.15, 0.2) is 59.6 Å². The minimum Gasteiger partial charge on any atom is -0.493 e. The first-order valence-corrected chi connectivity index (χ1v) is 9.72. The van der Waals surface area contributed by atoms with Crippen LogP contribution >= 0.6 is 0 Å². The zero-order valence-corrected chi connectivity index (χ0v) is 16.0. The lowest BCUT2D eigenvalue weighted by atomic mass is 9.93. The molecule has 1 aliphatic rings. The second-order valence-corrected chi connectivity index (χ2v) is 6.56. The van der Waals surface area contributed by atoms with Crippen molar-refractivity contribution in [1.29, 1.82) is 0 Å². The van der Waals surface area contributed by atoms with Crippen LogP contribution in [0.3, 0.4) is 0 Å². The molecule has 144 valence electrons. The predicted octanol–water partition coefficient (Wildman–Crippen LogP) is 3.32. The van der Waals surface area contributed by atoms with Gasteiger partial charge >= 0.3 is 0 Å². The number of aliphatic imine (C=N–C) groups is 1. The van der Waals surface area contributed by atoms with Gasteiger partial charge in [-0.2, -0.15) is 0 Å². The average molecular weight is 367 g/mol. The summed E-state index contributed by atoms with van der Waals surface area (Å²) in [5.74, 6) is 2.24. The zero-order chi connectivity index (χ0) is 18.7. The third-order valence-corrected chi connectivity index (χ3v) is 4.55. The SMILES string of the molecule is CCNC(=NCC1CCOc2ccccc21)NCCOCc1ccccc1. The number of rotatable bonds is 8. The zero-order valence-electron chi connectivity index (χ0n) is 16.0. The van der Waals surface area contributed by atoms with Crippen molar-refractivity contribution in [2.75, 3.05) is 32.8 Å².